The van der Waals surface area contributed by atoms with Crippen LogP contribution in [0, 0.1) is 18.8 Å². The van der Waals surface area contributed by atoms with Crippen LogP contribution in [0.2, 0.25) is 0 Å². The predicted octanol–water partition coefficient (Wildman–Crippen LogP) is 4.26. The first-order valence-electron chi connectivity index (χ1n) is 7.90. The van der Waals surface area contributed by atoms with E-state index in [4.69, 9.17) is 0 Å². The highest BCUT2D eigenvalue weighted by Crippen LogP contribution is 2.38. The zero-order chi connectivity index (χ0) is 13.7. The Hall–Kier alpha value is -0.890. The topological polar surface area (TPSA) is 24.9 Å². The molecule has 1 N–H and O–H groups in total. The van der Waals surface area contributed by atoms with E-state index in [2.05, 4.69) is 49.4 Å². The maximum absolute atomic E-state index is 4.48. The molecule has 3 unspecified atom stereocenters. The van der Waals surface area contributed by atoms with E-state index in [-0.39, 0.29) is 0 Å². The smallest absolute Gasteiger partial charge is 0.0372 e. The van der Waals surface area contributed by atoms with Gasteiger partial charge in [-0.15, -0.1) is 0 Å². The lowest BCUT2D eigenvalue weighted by Gasteiger charge is -2.35. The van der Waals surface area contributed by atoms with Crippen LogP contribution in [-0.4, -0.2) is 11.5 Å². The molecule has 0 aromatic carbocycles. The zero-order valence-corrected chi connectivity index (χ0v) is 12.7. The van der Waals surface area contributed by atoms with Gasteiger partial charge in [-0.3, -0.25) is 4.98 Å². The van der Waals surface area contributed by atoms with Crippen molar-refractivity contribution in [1.29, 1.82) is 0 Å². The molecule has 106 valence electrons. The standard InChI is InChI=1S/C17H28N2/c1-4-14-7-6-8-15(11-14)17(18-5-2)16-10-9-13(3)19-12-16/h9-10,12,14-15,17-18H,4-8,11H2,1-3H3. The molecule has 1 saturated carbocycles. The van der Waals surface area contributed by atoms with Gasteiger partial charge in [0.25, 0.3) is 0 Å². The van der Waals surface area contributed by atoms with E-state index in [1.165, 1.54) is 37.7 Å². The average molecular weight is 260 g/mol. The van der Waals surface area contributed by atoms with E-state index in [1.54, 1.807) is 0 Å². The lowest BCUT2D eigenvalue weighted by atomic mass is 9.75. The second-order valence-electron chi connectivity index (χ2n) is 5.97. The summed E-state index contributed by atoms with van der Waals surface area (Å²) in [5, 5.41) is 3.69. The third-order valence-electron chi connectivity index (χ3n) is 4.59. The van der Waals surface area contributed by atoms with Crippen molar-refractivity contribution in [1.82, 2.24) is 10.3 Å². The Morgan fingerprint density at radius 2 is 2.16 bits per heavy atom. The van der Waals surface area contributed by atoms with Gasteiger partial charge in [0.1, 0.15) is 0 Å². The Bertz CT molecular complexity index is 371. The molecule has 1 aliphatic carbocycles. The lowest BCUT2D eigenvalue weighted by molar-refractivity contribution is 0.210. The van der Waals surface area contributed by atoms with Crippen LogP contribution < -0.4 is 5.32 Å². The number of rotatable bonds is 5. The van der Waals surface area contributed by atoms with Crippen LogP contribution in [0.4, 0.5) is 0 Å². The van der Waals surface area contributed by atoms with E-state index in [1.807, 2.05) is 0 Å². The number of nitrogens with zero attached hydrogens (tertiary/aromatic N) is 1. The summed E-state index contributed by atoms with van der Waals surface area (Å²) in [5.74, 6) is 1.71. The molecule has 0 aliphatic heterocycles. The summed E-state index contributed by atoms with van der Waals surface area (Å²) in [7, 11) is 0. The summed E-state index contributed by atoms with van der Waals surface area (Å²) >= 11 is 0. The van der Waals surface area contributed by atoms with E-state index in [0.29, 0.717) is 6.04 Å². The Balaban J connectivity index is 2.12. The van der Waals surface area contributed by atoms with Crippen LogP contribution in [0.5, 0.6) is 0 Å². The number of nitrogens with one attached hydrogen (secondary N) is 1. The summed E-state index contributed by atoms with van der Waals surface area (Å²) in [4.78, 5) is 4.48. The third-order valence-corrected chi connectivity index (χ3v) is 4.59. The first-order chi connectivity index (χ1) is 9.24. The van der Waals surface area contributed by atoms with Gasteiger partial charge < -0.3 is 5.32 Å². The Morgan fingerprint density at radius 3 is 2.79 bits per heavy atom. The van der Waals surface area contributed by atoms with E-state index in [0.717, 1.165) is 24.1 Å². The number of aryl methyl sites for hydroxylation is 1. The quantitative estimate of drug-likeness (QED) is 0.855. The van der Waals surface area contributed by atoms with Crippen molar-refractivity contribution in [3.8, 4) is 0 Å². The van der Waals surface area contributed by atoms with Crippen molar-refractivity contribution in [2.75, 3.05) is 6.54 Å². The molecule has 0 amide bonds. The van der Waals surface area contributed by atoms with E-state index < -0.39 is 0 Å². The molecule has 0 spiro atoms. The minimum atomic E-state index is 0.493. The van der Waals surface area contributed by atoms with Crippen molar-refractivity contribution < 1.29 is 0 Å². The van der Waals surface area contributed by atoms with Crippen molar-refractivity contribution >= 4 is 0 Å². The van der Waals surface area contributed by atoms with Crippen LogP contribution in [-0.2, 0) is 0 Å². The summed E-state index contributed by atoms with van der Waals surface area (Å²) in [5.41, 5.74) is 2.48. The molecule has 2 rings (SSSR count). The molecule has 0 saturated heterocycles. The first-order valence-corrected chi connectivity index (χ1v) is 7.90. The maximum Gasteiger partial charge on any atom is 0.0372 e. The van der Waals surface area contributed by atoms with Crippen LogP contribution in [0.1, 0.15) is 63.3 Å². The normalized spacial score (nSPS) is 25.2. The van der Waals surface area contributed by atoms with Gasteiger partial charge in [0, 0.05) is 17.9 Å². The molecule has 0 radical (unpaired) electrons. The Labute approximate surface area is 118 Å². The molecule has 1 heterocycles. The van der Waals surface area contributed by atoms with Crippen LogP contribution in [0.3, 0.4) is 0 Å². The van der Waals surface area contributed by atoms with Gasteiger partial charge in [0.2, 0.25) is 0 Å². The average Bonchev–Trinajstić information content (AvgIpc) is 2.46. The molecule has 2 nitrogen and oxygen atoms in total. The maximum atomic E-state index is 4.48. The first kappa shape index (κ1) is 14.5. The van der Waals surface area contributed by atoms with Crippen LogP contribution in [0.15, 0.2) is 18.3 Å². The largest absolute Gasteiger partial charge is 0.310 e. The van der Waals surface area contributed by atoms with E-state index in [9.17, 15) is 0 Å². The molecule has 0 bridgehead atoms. The van der Waals surface area contributed by atoms with Crippen molar-refractivity contribution in [3.05, 3.63) is 29.6 Å². The zero-order valence-electron chi connectivity index (χ0n) is 12.7. The summed E-state index contributed by atoms with van der Waals surface area (Å²) < 4.78 is 0. The SMILES string of the molecule is CCNC(c1ccc(C)nc1)C1CCCC(CC)C1. The summed E-state index contributed by atoms with van der Waals surface area (Å²) in [6.45, 7) is 7.63. The summed E-state index contributed by atoms with van der Waals surface area (Å²) in [6, 6.07) is 4.89. The molecule has 1 aliphatic rings. The highest BCUT2D eigenvalue weighted by molar-refractivity contribution is 5.18. The molecule has 2 heteroatoms. The lowest BCUT2D eigenvalue weighted by Crippen LogP contribution is -2.31. The number of hydrogen-bond acceptors (Lipinski definition) is 2. The van der Waals surface area contributed by atoms with Crippen molar-refractivity contribution in [2.45, 2.75) is 58.9 Å². The third kappa shape index (κ3) is 3.79. The Morgan fingerprint density at radius 1 is 1.32 bits per heavy atom. The molecule has 1 aromatic rings. The second kappa shape index (κ2) is 7.04. The fourth-order valence-corrected chi connectivity index (χ4v) is 3.45. The fraction of sp³-hybridized carbons (Fsp3) is 0.706. The van der Waals surface area contributed by atoms with Gasteiger partial charge in [-0.1, -0.05) is 39.2 Å². The Kier molecular flexibility index (Phi) is 5.38. The van der Waals surface area contributed by atoms with Crippen LogP contribution in [0.25, 0.3) is 0 Å². The van der Waals surface area contributed by atoms with E-state index >= 15 is 0 Å². The van der Waals surface area contributed by atoms with Gasteiger partial charge in [0.05, 0.1) is 0 Å². The highest BCUT2D eigenvalue weighted by Gasteiger charge is 2.28. The monoisotopic (exact) mass is 260 g/mol. The minimum Gasteiger partial charge on any atom is -0.310 e. The van der Waals surface area contributed by atoms with Gasteiger partial charge in [-0.2, -0.15) is 0 Å². The van der Waals surface area contributed by atoms with Crippen molar-refractivity contribution in [3.63, 3.8) is 0 Å². The van der Waals surface area contributed by atoms with Gasteiger partial charge in [-0.05, 0) is 49.8 Å². The second-order valence-corrected chi connectivity index (χ2v) is 5.97. The molecule has 1 aromatic heterocycles. The number of pyridine rings is 1. The molecule has 1 fully saturated rings. The van der Waals surface area contributed by atoms with Gasteiger partial charge >= 0.3 is 0 Å². The molecule has 19 heavy (non-hydrogen) atoms. The van der Waals surface area contributed by atoms with Gasteiger partial charge in [-0.25, -0.2) is 0 Å². The highest BCUT2D eigenvalue weighted by atomic mass is 14.9. The van der Waals surface area contributed by atoms with Gasteiger partial charge in [0.15, 0.2) is 0 Å². The van der Waals surface area contributed by atoms with Crippen LogP contribution >= 0.6 is 0 Å². The fourth-order valence-electron chi connectivity index (χ4n) is 3.45. The number of hydrogen-bond donors (Lipinski definition) is 1. The molecule has 3 atom stereocenters. The minimum absolute atomic E-state index is 0.493. The van der Waals surface area contributed by atoms with Crippen molar-refractivity contribution in [2.24, 2.45) is 11.8 Å². The molecular weight excluding hydrogens is 232 g/mol. The number of aromatic nitrogens is 1. The predicted molar refractivity (Wildman–Crippen MR) is 81.1 cm³/mol. The molecular formula is C17H28N2. The summed E-state index contributed by atoms with van der Waals surface area (Å²) in [6.07, 6.45) is 8.96.